The molecule has 0 aliphatic heterocycles. The third-order valence-corrected chi connectivity index (χ3v) is 13.6. The normalized spacial score (nSPS) is 22.7. The summed E-state index contributed by atoms with van der Waals surface area (Å²) in [5.74, 6) is -7.86. The van der Waals surface area contributed by atoms with Crippen molar-refractivity contribution in [1.82, 2.24) is 0 Å². The molecule has 0 radical (unpaired) electrons. The van der Waals surface area contributed by atoms with Crippen molar-refractivity contribution >= 4 is 70.9 Å². The zero-order valence-corrected chi connectivity index (χ0v) is 45.9. The molecule has 3 unspecified atom stereocenters. The second kappa shape index (κ2) is 30.5. The summed E-state index contributed by atoms with van der Waals surface area (Å²) in [6.45, 7) is 22.7. The van der Waals surface area contributed by atoms with Gasteiger partial charge >= 0.3 is 47.8 Å². The third-order valence-electron chi connectivity index (χ3n) is 13.6. The lowest BCUT2D eigenvalue weighted by molar-refractivity contribution is -0.199. The van der Waals surface area contributed by atoms with Crippen molar-refractivity contribution < 1.29 is 95.4 Å². The van der Waals surface area contributed by atoms with Gasteiger partial charge in [0, 0.05) is 27.7 Å². The number of Topliss-reactive ketones (excluding diaryl/α,β-unsaturated/α-hetero) is 4. The average molecular weight is 1090 g/mol. The summed E-state index contributed by atoms with van der Waals surface area (Å²) in [6, 6.07) is 0. The summed E-state index contributed by atoms with van der Waals surface area (Å²) in [7, 11) is 0. The number of carbonyl (C=O) groups is 12. The molecule has 4 saturated carbocycles. The van der Waals surface area contributed by atoms with Gasteiger partial charge in [-0.15, -0.1) is 0 Å². The SMILES string of the molecule is C=C(C)C(=O)OCC(=O)C(=O)OC(C)(C)C12CC3CC(CC(C3)C1)C2.C=C(C)C(=O)OCC(=O)C(=O)OC1C=C(C)CC1.C=C(C)C(=O)OCC(=O)C(=O)OC1C=CCC1.C=C(C)C(=O)OCC(=O)C(=O)OC1C=CCCC1. The molecule has 0 aromatic rings. The fourth-order valence-corrected chi connectivity index (χ4v) is 9.64. The molecule has 0 N–H and O–H groups in total. The van der Waals surface area contributed by atoms with E-state index in [1.54, 1.807) is 12.2 Å². The Morgan fingerprint density at radius 1 is 0.487 bits per heavy atom. The van der Waals surface area contributed by atoms with E-state index in [2.05, 4.69) is 40.5 Å². The minimum atomic E-state index is -0.976. The number of hydrogen-bond acceptors (Lipinski definition) is 20. The first kappa shape index (κ1) is 64.9. The second-order valence-corrected chi connectivity index (χ2v) is 21.0. The molecule has 0 aromatic carbocycles. The Bertz CT molecular complexity index is 2390. The maximum Gasteiger partial charge on any atom is 0.378 e. The number of hydrogen-bond donors (Lipinski definition) is 0. The number of esters is 8. The van der Waals surface area contributed by atoms with E-state index < -0.39 is 103 Å². The number of carbonyl (C=O) groups excluding carboxylic acids is 12. The van der Waals surface area contributed by atoms with Crippen LogP contribution in [-0.2, 0) is 95.4 Å². The molecule has 0 heterocycles. The molecule has 7 rings (SSSR count). The van der Waals surface area contributed by atoms with Gasteiger partial charge in [-0.1, -0.05) is 44.0 Å². The van der Waals surface area contributed by atoms with Gasteiger partial charge in [0.1, 0.15) is 23.9 Å². The van der Waals surface area contributed by atoms with E-state index in [9.17, 15) is 57.5 Å². The van der Waals surface area contributed by atoms with E-state index in [0.29, 0.717) is 19.3 Å². The van der Waals surface area contributed by atoms with Crippen LogP contribution >= 0.6 is 0 Å². The molecule has 20 nitrogen and oxygen atoms in total. The molecule has 20 heteroatoms. The summed E-state index contributed by atoms with van der Waals surface area (Å²) in [6.07, 6.45) is 20.8. The first-order valence-corrected chi connectivity index (χ1v) is 25.8. The van der Waals surface area contributed by atoms with Crippen molar-refractivity contribution in [3.8, 4) is 0 Å². The van der Waals surface area contributed by atoms with Gasteiger partial charge in [-0.25, -0.2) is 38.4 Å². The largest absolute Gasteiger partial charge is 0.454 e. The first-order valence-electron chi connectivity index (χ1n) is 25.8. The van der Waals surface area contributed by atoms with Crippen LogP contribution in [0.4, 0.5) is 0 Å². The number of allylic oxidation sites excluding steroid dienone is 3. The van der Waals surface area contributed by atoms with Crippen LogP contribution in [-0.4, -0.2) is 121 Å². The number of ether oxygens (including phenoxy) is 8. The summed E-state index contributed by atoms with van der Waals surface area (Å²) in [4.78, 5) is 137. The number of rotatable bonds is 21. The minimum Gasteiger partial charge on any atom is -0.454 e. The van der Waals surface area contributed by atoms with Gasteiger partial charge in [0.15, 0.2) is 26.4 Å². The molecule has 0 spiro atoms. The lowest BCUT2D eigenvalue weighted by Crippen LogP contribution is -2.57. The van der Waals surface area contributed by atoms with Crippen molar-refractivity contribution in [3.63, 3.8) is 0 Å². The average Bonchev–Trinajstić information content (AvgIpc) is 4.13. The van der Waals surface area contributed by atoms with E-state index >= 15 is 0 Å². The van der Waals surface area contributed by atoms with Crippen LogP contribution in [0.2, 0.25) is 0 Å². The Balaban J connectivity index is 0.000000278. The van der Waals surface area contributed by atoms with Crippen molar-refractivity contribution in [2.24, 2.45) is 23.2 Å². The quantitative estimate of drug-likeness (QED) is 0.0375. The predicted octanol–water partition coefficient (Wildman–Crippen LogP) is 6.80. The minimum absolute atomic E-state index is 0.0218. The second-order valence-electron chi connectivity index (χ2n) is 21.0. The molecule has 4 bridgehead atoms. The van der Waals surface area contributed by atoms with E-state index in [4.69, 9.17) is 23.7 Å². The van der Waals surface area contributed by atoms with Gasteiger partial charge in [-0.2, -0.15) is 0 Å². The Hall–Kier alpha value is -7.38. The summed E-state index contributed by atoms with van der Waals surface area (Å²) < 4.78 is 38.9. The van der Waals surface area contributed by atoms with Gasteiger partial charge in [0.25, 0.3) is 23.1 Å². The third kappa shape index (κ3) is 21.2. The fraction of sp³-hybridized carbons (Fsp3) is 0.552. The van der Waals surface area contributed by atoms with Crippen LogP contribution in [0.1, 0.15) is 132 Å². The van der Waals surface area contributed by atoms with Crippen LogP contribution in [0.3, 0.4) is 0 Å². The zero-order valence-electron chi connectivity index (χ0n) is 45.9. The smallest absolute Gasteiger partial charge is 0.378 e. The summed E-state index contributed by atoms with van der Waals surface area (Å²) in [5.41, 5.74) is 1.13. The summed E-state index contributed by atoms with van der Waals surface area (Å²) >= 11 is 0. The molecule has 0 amide bonds. The Morgan fingerprint density at radius 2 is 0.833 bits per heavy atom. The maximum absolute atomic E-state index is 12.2. The van der Waals surface area contributed by atoms with Crippen LogP contribution in [0.5, 0.6) is 0 Å². The van der Waals surface area contributed by atoms with E-state index in [-0.39, 0.29) is 46.0 Å². The molecular formula is C58H74O20. The highest BCUT2D eigenvalue weighted by Crippen LogP contribution is 2.64. The van der Waals surface area contributed by atoms with Crippen LogP contribution in [0.25, 0.3) is 0 Å². The lowest BCUT2D eigenvalue weighted by Gasteiger charge is -2.61. The topological polar surface area (TPSA) is 279 Å². The monoisotopic (exact) mass is 1090 g/mol. The lowest BCUT2D eigenvalue weighted by atomic mass is 9.46. The van der Waals surface area contributed by atoms with Crippen molar-refractivity contribution in [3.05, 3.63) is 84.6 Å². The molecular weight excluding hydrogens is 1020 g/mol. The highest BCUT2D eigenvalue weighted by molar-refractivity contribution is 6.35. The van der Waals surface area contributed by atoms with E-state index in [1.807, 2.05) is 39.0 Å². The molecule has 0 aromatic heterocycles. The molecule has 7 aliphatic carbocycles. The summed E-state index contributed by atoms with van der Waals surface area (Å²) in [5, 5.41) is 0. The molecule has 3 atom stereocenters. The first-order chi connectivity index (χ1) is 36.5. The van der Waals surface area contributed by atoms with Gasteiger partial charge in [0.2, 0.25) is 0 Å². The highest BCUT2D eigenvalue weighted by Gasteiger charge is 2.59. The Kier molecular flexibility index (Phi) is 25.4. The van der Waals surface area contributed by atoms with Gasteiger partial charge < -0.3 is 37.9 Å². The van der Waals surface area contributed by atoms with Crippen LogP contribution in [0.15, 0.2) is 84.6 Å². The molecule has 78 heavy (non-hydrogen) atoms. The van der Waals surface area contributed by atoms with Crippen molar-refractivity contribution in [2.45, 2.75) is 156 Å². The standard InChI is InChI=1S/C20H28O5.2C13H16O5.C12H14O5/c1-12(2)17(22)24-11-16(21)18(23)25-19(3,4)20-8-13-5-14(9-20)7-15(6-13)10-20;1-8(2)12(15)17-7-11(14)13(16)18-10-5-4-9(3)6-10;1-9(2)12(15)17-8-11(14)13(16)18-10-6-4-3-5-7-10;1-8(2)11(14)16-7-10(13)12(15)17-9-5-3-4-6-9/h13-15H,1,5-11H2,2-4H3;6,10H,1,4-5,7H2,2-3H3;4,6,10H,1,3,5,7-8H2,2H3;3,5,9H,1,4,6-7H2,2H3. The molecule has 7 aliphatic rings. The Morgan fingerprint density at radius 3 is 1.14 bits per heavy atom. The van der Waals surface area contributed by atoms with Crippen molar-refractivity contribution in [1.29, 1.82) is 0 Å². The van der Waals surface area contributed by atoms with E-state index in [1.165, 1.54) is 47.0 Å². The molecule has 4 fully saturated rings. The van der Waals surface area contributed by atoms with Gasteiger partial charge in [-0.3, -0.25) is 19.2 Å². The number of ketones is 4. The maximum atomic E-state index is 12.2. The molecule has 0 saturated heterocycles. The van der Waals surface area contributed by atoms with Crippen molar-refractivity contribution in [2.75, 3.05) is 26.4 Å². The predicted molar refractivity (Wildman–Crippen MR) is 278 cm³/mol. The molecule has 426 valence electrons. The van der Waals surface area contributed by atoms with Crippen LogP contribution < -0.4 is 0 Å². The Labute approximate surface area is 455 Å². The zero-order chi connectivity index (χ0) is 58.5. The highest BCUT2D eigenvalue weighted by atomic mass is 16.6. The fourth-order valence-electron chi connectivity index (χ4n) is 9.64. The van der Waals surface area contributed by atoms with Crippen LogP contribution in [0, 0.1) is 23.2 Å². The van der Waals surface area contributed by atoms with Gasteiger partial charge in [0.05, 0.1) is 0 Å². The van der Waals surface area contributed by atoms with E-state index in [0.717, 1.165) is 68.3 Å². The van der Waals surface area contributed by atoms with Gasteiger partial charge in [-0.05, 0) is 168 Å².